The molecule has 0 saturated heterocycles. The largest absolute Gasteiger partial charge is 0.399 e. The summed E-state index contributed by atoms with van der Waals surface area (Å²) in [5.41, 5.74) is 13.8. The van der Waals surface area contributed by atoms with Crippen molar-refractivity contribution in [2.75, 3.05) is 23.7 Å². The van der Waals surface area contributed by atoms with Crippen molar-refractivity contribution in [2.45, 2.75) is 6.42 Å². The number of nitrogens with two attached hydrogens (primary N) is 2. The van der Waals surface area contributed by atoms with Crippen molar-refractivity contribution in [3.05, 3.63) is 23.8 Å². The first-order chi connectivity index (χ1) is 6.66. The highest BCUT2D eigenvalue weighted by molar-refractivity contribution is 5.81. The number of carbonyl (C=O) groups excluding carboxylic acids is 1. The van der Waals surface area contributed by atoms with E-state index in [1.165, 1.54) is 5.56 Å². The van der Waals surface area contributed by atoms with Crippen LogP contribution in [0.25, 0.3) is 0 Å². The van der Waals surface area contributed by atoms with Crippen LogP contribution in [0.3, 0.4) is 0 Å². The summed E-state index contributed by atoms with van der Waals surface area (Å²) in [7, 11) is 0. The maximum absolute atomic E-state index is 10.8. The predicted octanol–water partition coefficient (Wildman–Crippen LogP) is 0.117. The summed E-state index contributed by atoms with van der Waals surface area (Å²) in [5, 5.41) is 0. The van der Waals surface area contributed by atoms with Crippen LogP contribution < -0.4 is 16.4 Å². The van der Waals surface area contributed by atoms with E-state index in [2.05, 4.69) is 0 Å². The maximum atomic E-state index is 10.8. The number of nitrogen functional groups attached to an aromatic ring is 1. The molecule has 1 aliphatic heterocycles. The number of hydrogen-bond donors (Lipinski definition) is 2. The SMILES string of the molecule is NC(=O)CN1CCc2ccc(N)cc21. The Morgan fingerprint density at radius 2 is 2.29 bits per heavy atom. The normalized spacial score (nSPS) is 14.1. The van der Waals surface area contributed by atoms with Gasteiger partial charge in [-0.2, -0.15) is 0 Å². The van der Waals surface area contributed by atoms with Crippen LogP contribution in [0, 0.1) is 0 Å². The number of primary amides is 1. The van der Waals surface area contributed by atoms with Gasteiger partial charge < -0.3 is 16.4 Å². The van der Waals surface area contributed by atoms with Crippen molar-refractivity contribution in [3.8, 4) is 0 Å². The van der Waals surface area contributed by atoms with E-state index < -0.39 is 0 Å². The molecule has 0 bridgehead atoms. The van der Waals surface area contributed by atoms with E-state index in [4.69, 9.17) is 11.5 Å². The van der Waals surface area contributed by atoms with Gasteiger partial charge in [0.25, 0.3) is 0 Å². The van der Waals surface area contributed by atoms with Gasteiger partial charge in [0, 0.05) is 17.9 Å². The quantitative estimate of drug-likeness (QED) is 0.652. The Bertz CT molecular complexity index is 376. The van der Waals surface area contributed by atoms with E-state index in [0.29, 0.717) is 0 Å². The fourth-order valence-corrected chi connectivity index (χ4v) is 1.81. The smallest absolute Gasteiger partial charge is 0.236 e. The lowest BCUT2D eigenvalue weighted by Crippen LogP contribution is -2.32. The molecule has 0 saturated carbocycles. The molecule has 0 unspecified atom stereocenters. The van der Waals surface area contributed by atoms with Gasteiger partial charge in [0.2, 0.25) is 5.91 Å². The van der Waals surface area contributed by atoms with Crippen molar-refractivity contribution < 1.29 is 4.79 Å². The Labute approximate surface area is 82.5 Å². The summed E-state index contributed by atoms with van der Waals surface area (Å²) in [6.07, 6.45) is 0.961. The highest BCUT2D eigenvalue weighted by Gasteiger charge is 2.19. The molecule has 74 valence electrons. The monoisotopic (exact) mass is 191 g/mol. The summed E-state index contributed by atoms with van der Waals surface area (Å²) in [5.74, 6) is -0.305. The molecule has 0 spiro atoms. The van der Waals surface area contributed by atoms with Crippen LogP contribution in [0.2, 0.25) is 0 Å². The molecule has 0 radical (unpaired) electrons. The molecular formula is C10H13N3O. The minimum absolute atomic E-state index is 0.274. The van der Waals surface area contributed by atoms with Gasteiger partial charge in [0.05, 0.1) is 6.54 Å². The number of fused-ring (bicyclic) bond motifs is 1. The van der Waals surface area contributed by atoms with Gasteiger partial charge in [-0.1, -0.05) is 6.07 Å². The zero-order chi connectivity index (χ0) is 10.1. The number of rotatable bonds is 2. The van der Waals surface area contributed by atoms with Crippen LogP contribution in [-0.2, 0) is 11.2 Å². The lowest BCUT2D eigenvalue weighted by molar-refractivity contribution is -0.116. The first-order valence-electron chi connectivity index (χ1n) is 4.58. The highest BCUT2D eigenvalue weighted by Crippen LogP contribution is 2.29. The van der Waals surface area contributed by atoms with Crippen LogP contribution in [0.1, 0.15) is 5.56 Å². The van der Waals surface area contributed by atoms with E-state index in [9.17, 15) is 4.79 Å². The van der Waals surface area contributed by atoms with Gasteiger partial charge in [-0.15, -0.1) is 0 Å². The van der Waals surface area contributed by atoms with E-state index >= 15 is 0 Å². The van der Waals surface area contributed by atoms with Gasteiger partial charge in [-0.05, 0) is 24.1 Å². The van der Waals surface area contributed by atoms with Crippen molar-refractivity contribution >= 4 is 17.3 Å². The predicted molar refractivity (Wildman–Crippen MR) is 56.0 cm³/mol. The van der Waals surface area contributed by atoms with E-state index in [1.54, 1.807) is 0 Å². The first kappa shape index (κ1) is 8.87. The second-order valence-corrected chi connectivity index (χ2v) is 3.53. The Kier molecular flexibility index (Phi) is 2.04. The maximum Gasteiger partial charge on any atom is 0.236 e. The minimum atomic E-state index is -0.305. The van der Waals surface area contributed by atoms with Crippen LogP contribution in [0.5, 0.6) is 0 Å². The Hall–Kier alpha value is -1.71. The van der Waals surface area contributed by atoms with E-state index in [1.807, 2.05) is 23.1 Å². The number of hydrogen-bond acceptors (Lipinski definition) is 3. The number of anilines is 2. The topological polar surface area (TPSA) is 72.4 Å². The number of nitrogens with zero attached hydrogens (tertiary/aromatic N) is 1. The van der Waals surface area contributed by atoms with Crippen LogP contribution >= 0.6 is 0 Å². The molecule has 4 N–H and O–H groups in total. The molecule has 0 atom stereocenters. The first-order valence-corrected chi connectivity index (χ1v) is 4.58. The summed E-state index contributed by atoms with van der Waals surface area (Å²) < 4.78 is 0. The lowest BCUT2D eigenvalue weighted by Gasteiger charge is -2.17. The third kappa shape index (κ3) is 1.51. The molecule has 1 aromatic rings. The van der Waals surface area contributed by atoms with Gasteiger partial charge in [0.1, 0.15) is 0 Å². The molecule has 0 fully saturated rings. The summed E-state index contributed by atoms with van der Waals surface area (Å²) in [6.45, 7) is 1.12. The molecule has 4 heteroatoms. The summed E-state index contributed by atoms with van der Waals surface area (Å²) in [6, 6.07) is 5.78. The highest BCUT2D eigenvalue weighted by atomic mass is 16.1. The van der Waals surface area contributed by atoms with Gasteiger partial charge in [-0.25, -0.2) is 0 Å². The lowest BCUT2D eigenvalue weighted by atomic mass is 10.1. The zero-order valence-corrected chi connectivity index (χ0v) is 7.86. The van der Waals surface area contributed by atoms with Crippen molar-refractivity contribution in [1.82, 2.24) is 0 Å². The van der Waals surface area contributed by atoms with Crippen molar-refractivity contribution in [1.29, 1.82) is 0 Å². The average molecular weight is 191 g/mol. The number of carbonyl (C=O) groups is 1. The fourth-order valence-electron chi connectivity index (χ4n) is 1.81. The van der Waals surface area contributed by atoms with Gasteiger partial charge in [-0.3, -0.25) is 4.79 Å². The molecule has 0 aliphatic carbocycles. The molecule has 0 aromatic heterocycles. The summed E-state index contributed by atoms with van der Waals surface area (Å²) >= 11 is 0. The van der Waals surface area contributed by atoms with E-state index in [0.717, 1.165) is 24.3 Å². The second-order valence-electron chi connectivity index (χ2n) is 3.53. The van der Waals surface area contributed by atoms with Crippen molar-refractivity contribution in [2.24, 2.45) is 5.73 Å². The van der Waals surface area contributed by atoms with Gasteiger partial charge >= 0.3 is 0 Å². The third-order valence-electron chi connectivity index (χ3n) is 2.45. The number of amides is 1. The molecular weight excluding hydrogens is 178 g/mol. The Morgan fingerprint density at radius 1 is 1.50 bits per heavy atom. The zero-order valence-electron chi connectivity index (χ0n) is 7.86. The number of benzene rings is 1. The molecule has 1 aliphatic rings. The molecule has 14 heavy (non-hydrogen) atoms. The standard InChI is InChI=1S/C10H13N3O/c11-8-2-1-7-3-4-13(6-10(12)14)9(7)5-8/h1-2,5H,3-4,6,11H2,(H2,12,14). The third-order valence-corrected chi connectivity index (χ3v) is 2.45. The van der Waals surface area contributed by atoms with Crippen LogP contribution in [0.4, 0.5) is 11.4 Å². The molecule has 1 heterocycles. The molecule has 4 nitrogen and oxygen atoms in total. The Morgan fingerprint density at radius 3 is 3.00 bits per heavy atom. The molecule has 1 amide bonds. The Balaban J connectivity index is 2.28. The summed E-state index contributed by atoms with van der Waals surface area (Å²) in [4.78, 5) is 12.8. The minimum Gasteiger partial charge on any atom is -0.399 e. The van der Waals surface area contributed by atoms with Crippen LogP contribution in [-0.4, -0.2) is 19.0 Å². The van der Waals surface area contributed by atoms with Gasteiger partial charge in [0.15, 0.2) is 0 Å². The molecule has 1 aromatic carbocycles. The average Bonchev–Trinajstić information content (AvgIpc) is 2.47. The fraction of sp³-hybridized carbons (Fsp3) is 0.300. The van der Waals surface area contributed by atoms with E-state index in [-0.39, 0.29) is 12.5 Å². The van der Waals surface area contributed by atoms with Crippen LogP contribution in [0.15, 0.2) is 18.2 Å². The molecule has 2 rings (SSSR count). The van der Waals surface area contributed by atoms with Crippen molar-refractivity contribution in [3.63, 3.8) is 0 Å². The second kappa shape index (κ2) is 3.21.